The molecule has 1 aliphatic carbocycles. The van der Waals surface area contributed by atoms with Crippen molar-refractivity contribution < 1.29 is 41.3 Å². The van der Waals surface area contributed by atoms with E-state index in [9.17, 15) is 14.0 Å². The number of hydrogen-bond acceptors (Lipinski definition) is 3. The van der Waals surface area contributed by atoms with Crippen molar-refractivity contribution in [1.29, 1.82) is 0 Å². The second-order valence-corrected chi connectivity index (χ2v) is 10.5. The van der Waals surface area contributed by atoms with Crippen LogP contribution in [0.5, 0.6) is 0 Å². The average Bonchev–Trinajstić information content (AvgIpc) is 3.12. The van der Waals surface area contributed by atoms with Crippen LogP contribution in [-0.2, 0) is 27.3 Å². The van der Waals surface area contributed by atoms with E-state index < -0.39 is 17.6 Å². The summed E-state index contributed by atoms with van der Waals surface area (Å²) < 4.78 is 14.4. The van der Waals surface area contributed by atoms with Crippen molar-refractivity contribution >= 4 is 46.4 Å². The maximum absolute atomic E-state index is 14.4. The van der Waals surface area contributed by atoms with Gasteiger partial charge in [-0.15, -0.1) is 5.69 Å². The van der Waals surface area contributed by atoms with E-state index in [1.807, 2.05) is 6.07 Å². The number of rotatable bonds is 5. The molecule has 5 nitrogen and oxygen atoms in total. The molecule has 2 amide bonds. The summed E-state index contributed by atoms with van der Waals surface area (Å²) in [7, 11) is 0. The fraction of sp³-hybridized carbons (Fsp3) is 0.259. The van der Waals surface area contributed by atoms with Gasteiger partial charge in [0.2, 0.25) is 5.91 Å². The molecule has 2 aliphatic rings. The van der Waals surface area contributed by atoms with E-state index in [0.717, 1.165) is 24.3 Å². The number of halogens is 3. The molecule has 2 fully saturated rings. The molecule has 5 rings (SSSR count). The van der Waals surface area contributed by atoms with Gasteiger partial charge in [0.1, 0.15) is 5.82 Å². The van der Waals surface area contributed by atoms with Crippen molar-refractivity contribution in [3.05, 3.63) is 86.9 Å². The monoisotopic (exact) mass is 624 g/mol. The molecule has 0 aromatic heterocycles. The molecule has 1 saturated carbocycles. The Kier molecular flexibility index (Phi) is 7.43. The summed E-state index contributed by atoms with van der Waals surface area (Å²) in [5.74, 6) is -0.914. The third-order valence-corrected chi connectivity index (χ3v) is 8.04. The van der Waals surface area contributed by atoms with Crippen LogP contribution in [0, 0.1) is 23.1 Å². The molecule has 182 valence electrons. The van der Waals surface area contributed by atoms with Crippen LogP contribution < -0.4 is 10.6 Å². The Labute approximate surface area is 239 Å². The largest absolute Gasteiger partial charge is 0.621 e. The topological polar surface area (TPSA) is 77.5 Å². The molecule has 1 aliphatic heterocycles. The van der Waals surface area contributed by atoms with Gasteiger partial charge in [-0.1, -0.05) is 55.2 Å². The van der Waals surface area contributed by atoms with Gasteiger partial charge in [0.15, 0.2) is 0 Å². The second-order valence-electron chi connectivity index (χ2n) is 9.72. The Morgan fingerprint density at radius 3 is 2.36 bits per heavy atom. The van der Waals surface area contributed by atoms with Gasteiger partial charge in [-0.3, -0.25) is 4.79 Å². The summed E-state index contributed by atoms with van der Waals surface area (Å²) in [6.07, 6.45) is 0. The smallest absolute Gasteiger partial charge is 0.248 e. The van der Waals surface area contributed by atoms with Gasteiger partial charge in [-0.2, -0.15) is 0 Å². The molecule has 1 saturated heterocycles. The molecule has 2 N–H and O–H groups in total. The van der Waals surface area contributed by atoms with Gasteiger partial charge < -0.3 is 20.7 Å². The van der Waals surface area contributed by atoms with E-state index in [2.05, 4.69) is 24.1 Å². The van der Waals surface area contributed by atoms with Gasteiger partial charge in [-0.05, 0) is 59.2 Å². The van der Waals surface area contributed by atoms with Crippen molar-refractivity contribution in [2.45, 2.75) is 13.8 Å². The Morgan fingerprint density at radius 2 is 1.72 bits per heavy atom. The van der Waals surface area contributed by atoms with Crippen LogP contribution in [0.1, 0.15) is 34.6 Å². The van der Waals surface area contributed by atoms with E-state index in [-0.39, 0.29) is 37.9 Å². The SMILES string of the molecule is CC1(C)C2CN(c3cc(-c4cc(C(N)=O)ccc4Cl)ccc3[N-]C(=O)c3c(F)cccc3Cl)CC21.[Cd]. The van der Waals surface area contributed by atoms with Gasteiger partial charge in [0.05, 0.1) is 16.5 Å². The number of piperidine rings is 1. The van der Waals surface area contributed by atoms with Gasteiger partial charge in [0, 0.05) is 62.2 Å². The Hall–Kier alpha value is -2.17. The number of fused-ring (bicyclic) bond motifs is 1. The summed E-state index contributed by atoms with van der Waals surface area (Å²) in [5.41, 5.74) is 8.39. The molecule has 2 unspecified atom stereocenters. The van der Waals surface area contributed by atoms with E-state index in [4.69, 9.17) is 28.9 Å². The number of nitrogens with zero attached hydrogens (tertiary/aromatic N) is 2. The van der Waals surface area contributed by atoms with Gasteiger partial charge >= 0.3 is 0 Å². The minimum atomic E-state index is -0.749. The third kappa shape index (κ3) is 4.75. The van der Waals surface area contributed by atoms with Crippen molar-refractivity contribution in [1.82, 2.24) is 0 Å². The van der Waals surface area contributed by atoms with Crippen molar-refractivity contribution in [3.63, 3.8) is 0 Å². The number of hydrogen-bond donors (Lipinski definition) is 1. The summed E-state index contributed by atoms with van der Waals surface area (Å²) in [4.78, 5) is 26.9. The summed E-state index contributed by atoms with van der Waals surface area (Å²) >= 11 is 12.5. The van der Waals surface area contributed by atoms with Crippen LogP contribution in [-0.4, -0.2) is 24.9 Å². The van der Waals surface area contributed by atoms with Crippen LogP contribution in [0.3, 0.4) is 0 Å². The standard InChI is InChI=1S/C27H24Cl2FN3O2.Cd/c1-27(2)17-12-33(13-18(17)27)23-11-14(16-10-15(25(31)34)6-8-19(16)28)7-9-22(23)32-26(35)24-20(29)4-3-5-21(24)30;/h3-11,17-18H,12-13H2,1-2H3,(H3,31,32,34,35);/p-1. The fourth-order valence-corrected chi connectivity index (χ4v) is 5.61. The molecule has 1 heterocycles. The quantitative estimate of drug-likeness (QED) is 0.317. The molecule has 3 aromatic rings. The predicted molar refractivity (Wildman–Crippen MR) is 137 cm³/mol. The van der Waals surface area contributed by atoms with Crippen molar-refractivity contribution in [3.8, 4) is 11.1 Å². The first kappa shape index (κ1) is 26.9. The number of nitrogens with two attached hydrogens (primary N) is 1. The normalized spacial score (nSPS) is 19.3. The molecule has 0 spiro atoms. The number of benzene rings is 3. The molecule has 36 heavy (non-hydrogen) atoms. The third-order valence-electron chi connectivity index (χ3n) is 7.40. The first-order valence-corrected chi connectivity index (χ1v) is 12.0. The summed E-state index contributed by atoms with van der Waals surface area (Å²) in [5, 5.41) is 4.74. The second kappa shape index (κ2) is 9.95. The Morgan fingerprint density at radius 1 is 1.03 bits per heavy atom. The predicted octanol–water partition coefficient (Wildman–Crippen LogP) is 6.83. The maximum atomic E-state index is 14.4. The Bertz CT molecular complexity index is 1350. The first-order valence-electron chi connectivity index (χ1n) is 11.3. The minimum absolute atomic E-state index is 0. The van der Waals surface area contributed by atoms with Crippen LogP contribution in [0.15, 0.2) is 54.6 Å². The van der Waals surface area contributed by atoms with E-state index in [0.29, 0.717) is 39.1 Å². The van der Waals surface area contributed by atoms with Crippen molar-refractivity contribution in [2.24, 2.45) is 23.0 Å². The van der Waals surface area contributed by atoms with E-state index in [1.54, 1.807) is 30.3 Å². The number of carbonyl (C=O) groups excluding carboxylic acids is 2. The molecule has 0 radical (unpaired) electrons. The van der Waals surface area contributed by atoms with Crippen LogP contribution >= 0.6 is 23.2 Å². The average molecular weight is 624 g/mol. The number of carbonyl (C=O) groups is 2. The van der Waals surface area contributed by atoms with E-state index >= 15 is 0 Å². The fourth-order valence-electron chi connectivity index (χ4n) is 5.13. The molecule has 0 bridgehead atoms. The zero-order chi connectivity index (χ0) is 25.1. The van der Waals surface area contributed by atoms with Crippen molar-refractivity contribution in [2.75, 3.05) is 18.0 Å². The molecular formula is C27H23CdCl2FN3O2-. The molecule has 2 atom stereocenters. The van der Waals surface area contributed by atoms with Crippen LogP contribution in [0.25, 0.3) is 16.4 Å². The summed E-state index contributed by atoms with van der Waals surface area (Å²) in [6.45, 7) is 6.18. The van der Waals surface area contributed by atoms with Gasteiger partial charge in [0.25, 0.3) is 0 Å². The zero-order valence-electron chi connectivity index (χ0n) is 19.9. The number of primary amides is 1. The van der Waals surface area contributed by atoms with Crippen LogP contribution in [0.2, 0.25) is 10.0 Å². The van der Waals surface area contributed by atoms with E-state index in [1.165, 1.54) is 18.2 Å². The van der Waals surface area contributed by atoms with Gasteiger partial charge in [-0.25, -0.2) is 4.39 Å². The number of anilines is 1. The molecular weight excluding hydrogens is 601 g/mol. The number of amides is 2. The zero-order valence-corrected chi connectivity index (χ0v) is 25.4. The summed E-state index contributed by atoms with van der Waals surface area (Å²) in [6, 6.07) is 14.3. The Balaban J connectivity index is 0.00000304. The maximum Gasteiger partial charge on any atom is 0.248 e. The minimum Gasteiger partial charge on any atom is -0.621 e. The first-order chi connectivity index (χ1) is 16.6. The molecule has 9 heteroatoms. The molecule has 3 aromatic carbocycles. The van der Waals surface area contributed by atoms with Crippen LogP contribution in [0.4, 0.5) is 15.8 Å².